The standard InChI is InChI=1S/C17H12FN3/c18-12-5-8-15-14(10-12)20-17(16-2-1-9-21(15)16)11-3-6-13(19)7-4-11/h1-10H,19H2. The molecule has 21 heavy (non-hydrogen) atoms. The highest BCUT2D eigenvalue weighted by Gasteiger charge is 2.10. The van der Waals surface area contributed by atoms with Gasteiger partial charge in [-0.1, -0.05) is 12.1 Å². The summed E-state index contributed by atoms with van der Waals surface area (Å²) in [4.78, 5) is 4.63. The molecule has 2 N–H and O–H groups in total. The van der Waals surface area contributed by atoms with Gasteiger partial charge in [-0.2, -0.15) is 0 Å². The van der Waals surface area contributed by atoms with Gasteiger partial charge in [0.25, 0.3) is 0 Å². The molecular formula is C17H12FN3. The lowest BCUT2D eigenvalue weighted by molar-refractivity contribution is 0.629. The Morgan fingerprint density at radius 3 is 2.57 bits per heavy atom. The summed E-state index contributed by atoms with van der Waals surface area (Å²) in [5.41, 5.74) is 10.7. The number of halogens is 1. The van der Waals surface area contributed by atoms with Crippen molar-refractivity contribution >= 4 is 22.2 Å². The Balaban J connectivity index is 2.10. The predicted molar refractivity (Wildman–Crippen MR) is 82.5 cm³/mol. The maximum atomic E-state index is 13.5. The summed E-state index contributed by atoms with van der Waals surface area (Å²) in [6.07, 6.45) is 1.96. The maximum Gasteiger partial charge on any atom is 0.125 e. The third-order valence-electron chi connectivity index (χ3n) is 3.60. The van der Waals surface area contributed by atoms with E-state index < -0.39 is 0 Å². The molecule has 4 aromatic rings. The summed E-state index contributed by atoms with van der Waals surface area (Å²) < 4.78 is 15.5. The first-order valence-electron chi connectivity index (χ1n) is 6.65. The first kappa shape index (κ1) is 11.9. The molecule has 0 radical (unpaired) electrons. The quantitative estimate of drug-likeness (QED) is 0.537. The van der Waals surface area contributed by atoms with Crippen LogP contribution in [0.1, 0.15) is 0 Å². The van der Waals surface area contributed by atoms with Crippen LogP contribution in [-0.2, 0) is 0 Å². The van der Waals surface area contributed by atoms with Crippen LogP contribution in [0.25, 0.3) is 27.8 Å². The second-order valence-corrected chi connectivity index (χ2v) is 4.98. The molecule has 0 atom stereocenters. The van der Waals surface area contributed by atoms with Gasteiger partial charge in [0.15, 0.2) is 0 Å². The molecule has 3 nitrogen and oxygen atoms in total. The molecule has 0 aliphatic carbocycles. The van der Waals surface area contributed by atoms with Crippen molar-refractivity contribution in [3.05, 3.63) is 66.6 Å². The van der Waals surface area contributed by atoms with E-state index in [0.717, 1.165) is 22.3 Å². The summed E-state index contributed by atoms with van der Waals surface area (Å²) >= 11 is 0. The minimum absolute atomic E-state index is 0.287. The number of hydrogen-bond donors (Lipinski definition) is 1. The topological polar surface area (TPSA) is 43.3 Å². The SMILES string of the molecule is Nc1ccc(-c2nc3cc(F)ccc3n3cccc23)cc1. The Bertz CT molecular complexity index is 955. The molecule has 0 saturated heterocycles. The van der Waals surface area contributed by atoms with E-state index in [1.807, 2.05) is 47.0 Å². The molecular weight excluding hydrogens is 265 g/mol. The van der Waals surface area contributed by atoms with Crippen LogP contribution < -0.4 is 5.73 Å². The van der Waals surface area contributed by atoms with E-state index in [-0.39, 0.29) is 5.82 Å². The van der Waals surface area contributed by atoms with Gasteiger partial charge in [0.1, 0.15) is 5.82 Å². The Morgan fingerprint density at radius 1 is 0.952 bits per heavy atom. The van der Waals surface area contributed by atoms with E-state index in [1.54, 1.807) is 6.07 Å². The Morgan fingerprint density at radius 2 is 1.76 bits per heavy atom. The first-order valence-corrected chi connectivity index (χ1v) is 6.65. The summed E-state index contributed by atoms with van der Waals surface area (Å²) in [5, 5.41) is 0. The Hall–Kier alpha value is -2.88. The van der Waals surface area contributed by atoms with Crippen LogP contribution in [-0.4, -0.2) is 9.38 Å². The third-order valence-corrected chi connectivity index (χ3v) is 3.60. The second-order valence-electron chi connectivity index (χ2n) is 4.98. The predicted octanol–water partition coefficient (Wildman–Crippen LogP) is 3.88. The minimum Gasteiger partial charge on any atom is -0.399 e. The fourth-order valence-electron chi connectivity index (χ4n) is 2.60. The molecule has 0 unspecified atom stereocenters. The molecule has 102 valence electrons. The summed E-state index contributed by atoms with van der Waals surface area (Å²) in [6, 6.07) is 16.1. The fraction of sp³-hybridized carbons (Fsp3) is 0. The highest BCUT2D eigenvalue weighted by molar-refractivity contribution is 5.87. The molecule has 2 aromatic heterocycles. The van der Waals surface area contributed by atoms with Crippen LogP contribution in [0, 0.1) is 5.82 Å². The van der Waals surface area contributed by atoms with E-state index >= 15 is 0 Å². The van der Waals surface area contributed by atoms with Crippen molar-refractivity contribution in [2.45, 2.75) is 0 Å². The van der Waals surface area contributed by atoms with Crippen molar-refractivity contribution in [1.82, 2.24) is 9.38 Å². The molecule has 0 bridgehead atoms. The molecule has 4 heteroatoms. The van der Waals surface area contributed by atoms with Gasteiger partial charge in [-0.25, -0.2) is 9.37 Å². The Labute approximate surface area is 120 Å². The lowest BCUT2D eigenvalue weighted by atomic mass is 10.1. The van der Waals surface area contributed by atoms with Gasteiger partial charge in [0.2, 0.25) is 0 Å². The number of aromatic nitrogens is 2. The highest BCUT2D eigenvalue weighted by atomic mass is 19.1. The van der Waals surface area contributed by atoms with Crippen LogP contribution in [0.3, 0.4) is 0 Å². The summed E-state index contributed by atoms with van der Waals surface area (Å²) in [5.74, 6) is -0.287. The van der Waals surface area contributed by atoms with Crippen molar-refractivity contribution in [3.63, 3.8) is 0 Å². The van der Waals surface area contributed by atoms with Crippen molar-refractivity contribution in [2.75, 3.05) is 5.73 Å². The number of fused-ring (bicyclic) bond motifs is 3. The van der Waals surface area contributed by atoms with E-state index in [4.69, 9.17) is 5.73 Å². The number of hydrogen-bond acceptors (Lipinski definition) is 2. The zero-order valence-corrected chi connectivity index (χ0v) is 11.1. The number of nitrogens with zero attached hydrogens (tertiary/aromatic N) is 2. The molecule has 0 spiro atoms. The van der Waals surface area contributed by atoms with Crippen molar-refractivity contribution in [1.29, 1.82) is 0 Å². The van der Waals surface area contributed by atoms with Gasteiger partial charge < -0.3 is 10.1 Å². The average Bonchev–Trinajstić information content (AvgIpc) is 2.96. The highest BCUT2D eigenvalue weighted by Crippen LogP contribution is 2.27. The fourth-order valence-corrected chi connectivity index (χ4v) is 2.60. The number of benzene rings is 2. The second kappa shape index (κ2) is 4.31. The van der Waals surface area contributed by atoms with Crippen LogP contribution in [0.2, 0.25) is 0 Å². The molecule has 4 rings (SSSR count). The van der Waals surface area contributed by atoms with Crippen LogP contribution in [0.4, 0.5) is 10.1 Å². The molecule has 0 aliphatic rings. The van der Waals surface area contributed by atoms with Crippen LogP contribution in [0.15, 0.2) is 60.8 Å². The summed E-state index contributed by atoms with van der Waals surface area (Å²) in [7, 11) is 0. The van der Waals surface area contributed by atoms with Crippen molar-refractivity contribution in [2.24, 2.45) is 0 Å². The molecule has 0 amide bonds. The van der Waals surface area contributed by atoms with Crippen LogP contribution in [0.5, 0.6) is 0 Å². The average molecular weight is 277 g/mol. The van der Waals surface area contributed by atoms with Crippen molar-refractivity contribution in [3.8, 4) is 11.3 Å². The number of nitrogens with two attached hydrogens (primary N) is 1. The smallest absolute Gasteiger partial charge is 0.125 e. The zero-order valence-electron chi connectivity index (χ0n) is 11.1. The molecule has 2 heterocycles. The molecule has 0 fully saturated rings. The van der Waals surface area contributed by atoms with Gasteiger partial charge in [0, 0.05) is 23.5 Å². The first-order chi connectivity index (χ1) is 10.2. The lowest BCUT2D eigenvalue weighted by Crippen LogP contribution is -1.95. The monoisotopic (exact) mass is 277 g/mol. The third kappa shape index (κ3) is 1.84. The molecule has 0 saturated carbocycles. The Kier molecular flexibility index (Phi) is 2.44. The molecule has 0 aliphatic heterocycles. The van der Waals surface area contributed by atoms with Gasteiger partial charge in [-0.3, -0.25) is 0 Å². The number of rotatable bonds is 1. The normalized spacial score (nSPS) is 11.3. The van der Waals surface area contributed by atoms with Gasteiger partial charge in [-0.15, -0.1) is 0 Å². The number of anilines is 1. The minimum atomic E-state index is -0.287. The number of nitrogen functional groups attached to an aromatic ring is 1. The van der Waals surface area contributed by atoms with E-state index in [9.17, 15) is 4.39 Å². The zero-order chi connectivity index (χ0) is 14.4. The van der Waals surface area contributed by atoms with Crippen LogP contribution >= 0.6 is 0 Å². The van der Waals surface area contributed by atoms with Crippen molar-refractivity contribution < 1.29 is 4.39 Å². The van der Waals surface area contributed by atoms with E-state index in [1.165, 1.54) is 12.1 Å². The van der Waals surface area contributed by atoms with E-state index in [0.29, 0.717) is 11.2 Å². The largest absolute Gasteiger partial charge is 0.399 e. The lowest BCUT2D eigenvalue weighted by Gasteiger charge is -2.09. The molecule has 2 aromatic carbocycles. The summed E-state index contributed by atoms with van der Waals surface area (Å²) in [6.45, 7) is 0. The maximum absolute atomic E-state index is 13.5. The van der Waals surface area contributed by atoms with E-state index in [2.05, 4.69) is 4.98 Å². The van der Waals surface area contributed by atoms with Gasteiger partial charge in [0.05, 0.1) is 22.2 Å². The van der Waals surface area contributed by atoms with Gasteiger partial charge in [-0.05, 0) is 36.4 Å². The van der Waals surface area contributed by atoms with Gasteiger partial charge >= 0.3 is 0 Å².